The number of benzene rings is 1. The Labute approximate surface area is 185 Å². The van der Waals surface area contributed by atoms with E-state index in [1.165, 1.54) is 18.9 Å². The predicted octanol–water partition coefficient (Wildman–Crippen LogP) is 5.15. The summed E-state index contributed by atoms with van der Waals surface area (Å²) in [7, 11) is 0. The van der Waals surface area contributed by atoms with E-state index in [2.05, 4.69) is 15.3 Å². The SMILES string of the molecule is Cc1nc(C(=O)N2CCC3(CC3)CC2CNc2cccc(F)n2)c(-c2ccccc2)s1. The Morgan fingerprint density at radius 3 is 2.71 bits per heavy atom. The first-order chi connectivity index (χ1) is 15.0. The zero-order valence-electron chi connectivity index (χ0n) is 17.5. The van der Waals surface area contributed by atoms with Crippen molar-refractivity contribution in [3.63, 3.8) is 0 Å². The van der Waals surface area contributed by atoms with Crippen molar-refractivity contribution in [1.29, 1.82) is 0 Å². The second-order valence-electron chi connectivity index (χ2n) is 8.61. The number of nitrogens with zero attached hydrogens (tertiary/aromatic N) is 3. The Kier molecular flexibility index (Phi) is 5.22. The molecular weight excluding hydrogens is 411 g/mol. The van der Waals surface area contributed by atoms with Crippen molar-refractivity contribution in [2.24, 2.45) is 5.41 Å². The summed E-state index contributed by atoms with van der Waals surface area (Å²) in [6.45, 7) is 3.22. The number of halogens is 1. The van der Waals surface area contributed by atoms with Crippen LogP contribution in [0, 0.1) is 18.3 Å². The third-order valence-electron chi connectivity index (χ3n) is 6.42. The molecule has 3 aromatic rings. The van der Waals surface area contributed by atoms with Gasteiger partial charge in [0.1, 0.15) is 11.5 Å². The maximum absolute atomic E-state index is 13.7. The van der Waals surface area contributed by atoms with Crippen molar-refractivity contribution in [3.8, 4) is 10.4 Å². The second kappa shape index (κ2) is 8.04. The predicted molar refractivity (Wildman–Crippen MR) is 121 cm³/mol. The molecule has 1 N–H and O–H groups in total. The van der Waals surface area contributed by atoms with Crippen molar-refractivity contribution in [1.82, 2.24) is 14.9 Å². The normalized spacial score (nSPS) is 19.4. The fraction of sp³-hybridized carbons (Fsp3) is 0.375. The molecule has 1 saturated heterocycles. The Hall–Kier alpha value is -2.80. The summed E-state index contributed by atoms with van der Waals surface area (Å²) in [6.07, 6.45) is 4.46. The summed E-state index contributed by atoms with van der Waals surface area (Å²) in [5, 5.41) is 4.13. The van der Waals surface area contributed by atoms with Crippen molar-refractivity contribution < 1.29 is 9.18 Å². The number of likely N-dealkylation sites (tertiary alicyclic amines) is 1. The van der Waals surface area contributed by atoms with Crippen molar-refractivity contribution in [2.45, 2.75) is 38.6 Å². The Morgan fingerprint density at radius 2 is 1.97 bits per heavy atom. The van der Waals surface area contributed by atoms with Gasteiger partial charge in [-0.15, -0.1) is 11.3 Å². The van der Waals surface area contributed by atoms with Crippen LogP contribution in [0.25, 0.3) is 10.4 Å². The minimum atomic E-state index is -0.509. The molecule has 1 aromatic carbocycles. The summed E-state index contributed by atoms with van der Waals surface area (Å²) >= 11 is 1.56. The molecule has 1 aliphatic heterocycles. The number of amides is 1. The maximum Gasteiger partial charge on any atom is 0.274 e. The van der Waals surface area contributed by atoms with E-state index in [-0.39, 0.29) is 11.9 Å². The summed E-state index contributed by atoms with van der Waals surface area (Å²) in [5.74, 6) is -0.0271. The highest BCUT2D eigenvalue weighted by atomic mass is 32.1. The third kappa shape index (κ3) is 4.19. The van der Waals surface area contributed by atoms with Crippen LogP contribution >= 0.6 is 11.3 Å². The lowest BCUT2D eigenvalue weighted by Gasteiger charge is -2.40. The number of hydrogen-bond acceptors (Lipinski definition) is 5. The van der Waals surface area contributed by atoms with Crippen LogP contribution < -0.4 is 5.32 Å². The van der Waals surface area contributed by atoms with Crippen LogP contribution in [0.2, 0.25) is 0 Å². The number of pyridine rings is 1. The lowest BCUT2D eigenvalue weighted by Crippen LogP contribution is -2.50. The van der Waals surface area contributed by atoms with Gasteiger partial charge in [-0.2, -0.15) is 4.39 Å². The topological polar surface area (TPSA) is 58.1 Å². The van der Waals surface area contributed by atoms with E-state index in [0.717, 1.165) is 34.8 Å². The van der Waals surface area contributed by atoms with Gasteiger partial charge in [0.2, 0.25) is 5.95 Å². The molecule has 0 bridgehead atoms. The van der Waals surface area contributed by atoms with Gasteiger partial charge < -0.3 is 10.2 Å². The summed E-state index contributed by atoms with van der Waals surface area (Å²) in [4.78, 5) is 25.1. The number of nitrogens with one attached hydrogen (secondary N) is 1. The highest BCUT2D eigenvalue weighted by molar-refractivity contribution is 7.15. The average Bonchev–Trinajstić information content (AvgIpc) is 3.41. The Bertz CT molecular complexity index is 1100. The van der Waals surface area contributed by atoms with E-state index >= 15 is 0 Å². The molecule has 5 rings (SSSR count). The number of piperidine rings is 1. The van der Waals surface area contributed by atoms with E-state index in [9.17, 15) is 9.18 Å². The molecule has 1 amide bonds. The molecule has 0 radical (unpaired) electrons. The fourth-order valence-corrected chi connectivity index (χ4v) is 5.47. The molecule has 3 heterocycles. The number of aromatic nitrogens is 2. The highest BCUT2D eigenvalue weighted by Gasteiger charge is 2.49. The lowest BCUT2D eigenvalue weighted by molar-refractivity contribution is 0.0541. The van der Waals surface area contributed by atoms with Gasteiger partial charge in [-0.25, -0.2) is 9.97 Å². The van der Waals surface area contributed by atoms with E-state index < -0.39 is 5.95 Å². The molecular formula is C24H25FN4OS. The zero-order chi connectivity index (χ0) is 21.4. The van der Waals surface area contributed by atoms with Crippen LogP contribution in [-0.2, 0) is 0 Å². The number of hydrogen-bond donors (Lipinski definition) is 1. The van der Waals surface area contributed by atoms with Crippen LogP contribution in [0.5, 0.6) is 0 Å². The minimum Gasteiger partial charge on any atom is -0.368 e. The van der Waals surface area contributed by atoms with E-state index in [1.54, 1.807) is 23.5 Å². The molecule has 1 unspecified atom stereocenters. The molecule has 5 nitrogen and oxygen atoms in total. The third-order valence-corrected chi connectivity index (χ3v) is 7.44. The largest absolute Gasteiger partial charge is 0.368 e. The minimum absolute atomic E-state index is 0.0160. The summed E-state index contributed by atoms with van der Waals surface area (Å²) in [5.41, 5.74) is 1.93. The van der Waals surface area contributed by atoms with E-state index in [1.807, 2.05) is 42.2 Å². The van der Waals surface area contributed by atoms with Gasteiger partial charge in [-0.05, 0) is 55.7 Å². The van der Waals surface area contributed by atoms with Crippen LogP contribution in [0.4, 0.5) is 10.2 Å². The molecule has 2 fully saturated rings. The van der Waals surface area contributed by atoms with Gasteiger partial charge in [-0.1, -0.05) is 36.4 Å². The quantitative estimate of drug-likeness (QED) is 0.562. The highest BCUT2D eigenvalue weighted by Crippen LogP contribution is 2.55. The number of aryl methyl sites for hydroxylation is 1. The van der Waals surface area contributed by atoms with Crippen molar-refractivity contribution in [2.75, 3.05) is 18.4 Å². The van der Waals surface area contributed by atoms with Gasteiger partial charge in [0.05, 0.1) is 9.88 Å². The van der Waals surface area contributed by atoms with E-state index in [4.69, 9.17) is 0 Å². The molecule has 7 heteroatoms. The Morgan fingerprint density at radius 1 is 1.16 bits per heavy atom. The van der Waals surface area contributed by atoms with E-state index in [0.29, 0.717) is 23.5 Å². The van der Waals surface area contributed by atoms with Crippen LogP contribution in [0.15, 0.2) is 48.5 Å². The molecule has 31 heavy (non-hydrogen) atoms. The molecule has 160 valence electrons. The van der Waals surface area contributed by atoms with Crippen molar-refractivity contribution >= 4 is 23.1 Å². The number of carbonyl (C=O) groups excluding carboxylic acids is 1. The molecule has 1 saturated carbocycles. The molecule has 2 aliphatic rings. The number of rotatable bonds is 5. The lowest BCUT2D eigenvalue weighted by atomic mass is 9.87. The molecule has 1 spiro atoms. The van der Waals surface area contributed by atoms with Gasteiger partial charge in [-0.3, -0.25) is 4.79 Å². The monoisotopic (exact) mass is 436 g/mol. The smallest absolute Gasteiger partial charge is 0.274 e. The summed E-state index contributed by atoms with van der Waals surface area (Å²) in [6, 6.07) is 14.7. The number of carbonyl (C=O) groups is 1. The second-order valence-corrected chi connectivity index (χ2v) is 9.81. The van der Waals surface area contributed by atoms with Crippen molar-refractivity contribution in [3.05, 3.63) is 65.2 Å². The standard InChI is InChI=1S/C24H25FN4OS/c1-16-27-21(22(31-16)17-6-3-2-4-7-17)23(30)29-13-12-24(10-11-24)14-18(29)15-26-20-9-5-8-19(25)28-20/h2-9,18H,10-15H2,1H3,(H,26,28). The fourth-order valence-electron chi connectivity index (χ4n) is 4.56. The molecule has 1 atom stereocenters. The number of thiazole rings is 1. The van der Waals surface area contributed by atoms with Crippen LogP contribution in [0.1, 0.15) is 41.2 Å². The molecule has 1 aliphatic carbocycles. The van der Waals surface area contributed by atoms with Crippen LogP contribution in [0.3, 0.4) is 0 Å². The maximum atomic E-state index is 13.7. The van der Waals surface area contributed by atoms with Crippen LogP contribution in [-0.4, -0.2) is 39.9 Å². The molecule has 2 aromatic heterocycles. The van der Waals surface area contributed by atoms with Gasteiger partial charge in [0, 0.05) is 19.1 Å². The van der Waals surface area contributed by atoms with Gasteiger partial charge >= 0.3 is 0 Å². The van der Waals surface area contributed by atoms with Gasteiger partial charge in [0.15, 0.2) is 0 Å². The average molecular weight is 437 g/mol. The Balaban J connectivity index is 1.40. The first-order valence-corrected chi connectivity index (χ1v) is 11.5. The first kappa shape index (κ1) is 20.1. The first-order valence-electron chi connectivity index (χ1n) is 10.7. The van der Waals surface area contributed by atoms with Gasteiger partial charge in [0.25, 0.3) is 5.91 Å². The zero-order valence-corrected chi connectivity index (χ0v) is 18.3. The summed E-state index contributed by atoms with van der Waals surface area (Å²) < 4.78 is 13.5. The number of anilines is 1.